The molecule has 0 aromatic carbocycles. The average molecular weight is 316 g/mol. The molecule has 2 saturated carbocycles. The quantitative estimate of drug-likeness (QED) is 0.847. The van der Waals surface area contributed by atoms with Gasteiger partial charge in [-0.1, -0.05) is 41.0 Å². The molecule has 2 fully saturated rings. The Morgan fingerprint density at radius 2 is 1.71 bits per heavy atom. The lowest BCUT2D eigenvalue weighted by molar-refractivity contribution is 0.229. The van der Waals surface area contributed by atoms with Gasteiger partial charge in [-0.05, 0) is 48.5 Å². The van der Waals surface area contributed by atoms with E-state index in [1.807, 2.05) is 0 Å². The van der Waals surface area contributed by atoms with Crippen LogP contribution in [0.3, 0.4) is 0 Å². The summed E-state index contributed by atoms with van der Waals surface area (Å²) >= 11 is 0. The topological polar surface area (TPSA) is 46.2 Å². The maximum Gasteiger partial charge on any atom is 0.150 e. The van der Waals surface area contributed by atoms with Gasteiger partial charge in [0.2, 0.25) is 0 Å². The van der Waals surface area contributed by atoms with E-state index >= 15 is 0 Å². The number of hydrogen-bond donors (Lipinski definition) is 1. The smallest absolute Gasteiger partial charge is 0.150 e. The molecule has 2 aliphatic rings. The molecule has 124 valence electrons. The van der Waals surface area contributed by atoms with Crippen molar-refractivity contribution in [3.8, 4) is 0 Å². The maximum atomic E-state index is 11.9. The van der Waals surface area contributed by atoms with Crippen molar-refractivity contribution < 1.29 is 8.42 Å². The summed E-state index contributed by atoms with van der Waals surface area (Å²) in [5.74, 6) is 1.15. The van der Waals surface area contributed by atoms with Crippen molar-refractivity contribution in [2.45, 2.75) is 71.6 Å². The zero-order valence-electron chi connectivity index (χ0n) is 14.6. The molecule has 4 heteroatoms. The van der Waals surface area contributed by atoms with Crippen LogP contribution >= 0.6 is 0 Å². The van der Waals surface area contributed by atoms with E-state index in [2.05, 4.69) is 39.9 Å². The van der Waals surface area contributed by atoms with Crippen LogP contribution in [0.2, 0.25) is 0 Å². The van der Waals surface area contributed by atoms with Crippen LogP contribution in [0.15, 0.2) is 0 Å². The number of sulfone groups is 1. The minimum absolute atomic E-state index is 0.123. The Balaban J connectivity index is 2.16. The Morgan fingerprint density at radius 3 is 2.14 bits per heavy atom. The molecule has 0 amide bonds. The predicted molar refractivity (Wildman–Crippen MR) is 89.1 cm³/mol. The fourth-order valence-electron chi connectivity index (χ4n) is 4.83. The Bertz CT molecular complexity index is 467. The number of hydrogen-bond acceptors (Lipinski definition) is 3. The van der Waals surface area contributed by atoms with Crippen LogP contribution in [0.4, 0.5) is 0 Å². The second kappa shape index (κ2) is 5.52. The monoisotopic (exact) mass is 315 g/mol. The highest BCUT2D eigenvalue weighted by molar-refractivity contribution is 7.91. The molecular weight excluding hydrogens is 282 g/mol. The van der Waals surface area contributed by atoms with Crippen LogP contribution in [0.5, 0.6) is 0 Å². The first-order valence-electron chi connectivity index (χ1n) is 8.45. The summed E-state index contributed by atoms with van der Waals surface area (Å²) in [6, 6.07) is 0.463. The molecule has 3 unspecified atom stereocenters. The molecule has 0 aromatic rings. The van der Waals surface area contributed by atoms with Crippen molar-refractivity contribution in [1.82, 2.24) is 5.32 Å². The van der Waals surface area contributed by atoms with Crippen LogP contribution in [0.1, 0.15) is 60.3 Å². The summed E-state index contributed by atoms with van der Waals surface area (Å²) in [5, 5.41) is 3.58. The minimum atomic E-state index is -2.90. The van der Waals surface area contributed by atoms with Crippen LogP contribution in [-0.2, 0) is 9.84 Å². The molecule has 0 heterocycles. The molecule has 0 radical (unpaired) electrons. The Labute approximate surface area is 131 Å². The molecule has 3 atom stereocenters. The molecule has 2 aliphatic carbocycles. The summed E-state index contributed by atoms with van der Waals surface area (Å²) in [4.78, 5) is 0. The van der Waals surface area contributed by atoms with Crippen molar-refractivity contribution >= 4 is 9.84 Å². The first kappa shape index (κ1) is 17.3. The van der Waals surface area contributed by atoms with Crippen molar-refractivity contribution in [2.75, 3.05) is 12.8 Å². The lowest BCUT2D eigenvalue weighted by Crippen LogP contribution is -2.43. The van der Waals surface area contributed by atoms with Crippen molar-refractivity contribution in [3.63, 3.8) is 0 Å². The van der Waals surface area contributed by atoms with Crippen molar-refractivity contribution in [2.24, 2.45) is 22.7 Å². The summed E-state index contributed by atoms with van der Waals surface area (Å²) in [6.07, 6.45) is 5.34. The molecule has 0 bridgehead atoms. The Morgan fingerprint density at radius 1 is 1.14 bits per heavy atom. The van der Waals surface area contributed by atoms with Gasteiger partial charge in [-0.15, -0.1) is 0 Å². The van der Waals surface area contributed by atoms with E-state index in [0.717, 1.165) is 25.8 Å². The van der Waals surface area contributed by atoms with Gasteiger partial charge in [-0.25, -0.2) is 8.42 Å². The van der Waals surface area contributed by atoms with E-state index in [9.17, 15) is 8.42 Å². The lowest BCUT2D eigenvalue weighted by Gasteiger charge is -2.35. The molecule has 21 heavy (non-hydrogen) atoms. The molecule has 0 aromatic heterocycles. The number of rotatable bonds is 5. The van der Waals surface area contributed by atoms with E-state index in [1.165, 1.54) is 12.7 Å². The zero-order valence-corrected chi connectivity index (χ0v) is 15.4. The molecule has 0 saturated heterocycles. The third kappa shape index (κ3) is 3.03. The van der Waals surface area contributed by atoms with Gasteiger partial charge in [-0.2, -0.15) is 0 Å². The third-order valence-corrected chi connectivity index (χ3v) is 8.35. The summed E-state index contributed by atoms with van der Waals surface area (Å²) in [6.45, 7) is 12.6. The SMILES string of the molecule is CCNC(C1CCCC(S(C)(=O)=O)C1)C1C(C)(C)C1(C)C. The standard InChI is InChI=1S/C17H33NO2S/c1-7-18-14(15-16(2,3)17(15,4)5)12-9-8-10-13(11-12)21(6,19)20/h12-15,18H,7-11H2,1-6H3. The zero-order chi connectivity index (χ0) is 16.1. The van der Waals surface area contributed by atoms with E-state index in [1.54, 1.807) is 0 Å². The highest BCUT2D eigenvalue weighted by Gasteiger charge is 2.67. The second-order valence-electron chi connectivity index (χ2n) is 8.38. The van der Waals surface area contributed by atoms with E-state index < -0.39 is 9.84 Å². The predicted octanol–water partition coefficient (Wildman–Crippen LogP) is 3.25. The second-order valence-corrected chi connectivity index (χ2v) is 10.7. The first-order chi connectivity index (χ1) is 9.53. The van der Waals surface area contributed by atoms with Gasteiger partial charge < -0.3 is 5.32 Å². The molecule has 1 N–H and O–H groups in total. The number of nitrogens with one attached hydrogen (secondary N) is 1. The summed E-state index contributed by atoms with van der Waals surface area (Å²) in [7, 11) is -2.90. The van der Waals surface area contributed by atoms with Crippen LogP contribution in [-0.4, -0.2) is 32.5 Å². The molecule has 3 nitrogen and oxygen atoms in total. The normalized spacial score (nSPS) is 33.6. The summed E-state index contributed by atoms with van der Waals surface area (Å²) < 4.78 is 23.9. The Kier molecular flexibility index (Phi) is 4.54. The lowest BCUT2D eigenvalue weighted by atomic mass is 9.80. The highest BCUT2D eigenvalue weighted by Crippen LogP contribution is 2.70. The molecule has 2 rings (SSSR count). The van der Waals surface area contributed by atoms with Gasteiger partial charge in [0.05, 0.1) is 5.25 Å². The van der Waals surface area contributed by atoms with Crippen LogP contribution < -0.4 is 5.32 Å². The van der Waals surface area contributed by atoms with Crippen LogP contribution in [0.25, 0.3) is 0 Å². The van der Waals surface area contributed by atoms with E-state index in [4.69, 9.17) is 0 Å². The van der Waals surface area contributed by atoms with Gasteiger partial charge in [0.1, 0.15) is 9.84 Å². The van der Waals surface area contributed by atoms with Crippen LogP contribution in [0, 0.1) is 22.7 Å². The Hall–Kier alpha value is -0.0900. The van der Waals surface area contributed by atoms with Gasteiger partial charge in [0, 0.05) is 12.3 Å². The third-order valence-electron chi connectivity index (χ3n) is 6.71. The van der Waals surface area contributed by atoms with Crippen molar-refractivity contribution in [1.29, 1.82) is 0 Å². The molecular formula is C17H33NO2S. The molecule has 0 aliphatic heterocycles. The minimum Gasteiger partial charge on any atom is -0.314 e. The van der Waals surface area contributed by atoms with Gasteiger partial charge in [0.15, 0.2) is 0 Å². The van der Waals surface area contributed by atoms with Gasteiger partial charge in [0.25, 0.3) is 0 Å². The average Bonchev–Trinajstić information content (AvgIpc) is 2.76. The fraction of sp³-hybridized carbons (Fsp3) is 1.00. The van der Waals surface area contributed by atoms with Crippen molar-refractivity contribution in [3.05, 3.63) is 0 Å². The fourth-order valence-corrected chi connectivity index (χ4v) is 6.03. The largest absolute Gasteiger partial charge is 0.314 e. The molecule has 0 spiro atoms. The van der Waals surface area contributed by atoms with E-state index in [0.29, 0.717) is 28.7 Å². The van der Waals surface area contributed by atoms with Gasteiger partial charge >= 0.3 is 0 Å². The maximum absolute atomic E-state index is 11.9. The summed E-state index contributed by atoms with van der Waals surface area (Å²) in [5.41, 5.74) is 0.690. The highest BCUT2D eigenvalue weighted by atomic mass is 32.2. The van der Waals surface area contributed by atoms with E-state index in [-0.39, 0.29) is 5.25 Å². The first-order valence-corrected chi connectivity index (χ1v) is 10.4. The van der Waals surface area contributed by atoms with Gasteiger partial charge in [-0.3, -0.25) is 0 Å².